The van der Waals surface area contributed by atoms with E-state index in [1.54, 1.807) is 0 Å². The molecule has 1 aliphatic carbocycles. The summed E-state index contributed by atoms with van der Waals surface area (Å²) in [6.07, 6.45) is 27.8. The molecule has 1 saturated carbocycles. The molecule has 1 rings (SSSR count). The third-order valence-corrected chi connectivity index (χ3v) is 4.91. The monoisotopic (exact) mass is 290 g/mol. The first kappa shape index (κ1) is 18.5. The highest BCUT2D eigenvalue weighted by atomic mass is 14.3. The summed E-state index contributed by atoms with van der Waals surface area (Å²) in [4.78, 5) is 0. The van der Waals surface area contributed by atoms with Gasteiger partial charge in [0.2, 0.25) is 0 Å². The molecule has 2 atom stereocenters. The predicted octanol–water partition coefficient (Wildman–Crippen LogP) is 7.46. The van der Waals surface area contributed by atoms with E-state index in [1.807, 2.05) is 0 Å². The van der Waals surface area contributed by atoms with Crippen LogP contribution in [-0.4, -0.2) is 0 Å². The molecule has 0 aromatic carbocycles. The molecule has 21 heavy (non-hydrogen) atoms. The average molecular weight is 291 g/mol. The maximum absolute atomic E-state index is 2.55. The van der Waals surface area contributed by atoms with Gasteiger partial charge in [0.15, 0.2) is 0 Å². The van der Waals surface area contributed by atoms with Gasteiger partial charge in [-0.2, -0.15) is 0 Å². The van der Waals surface area contributed by atoms with Crippen LogP contribution in [0.15, 0.2) is 24.3 Å². The second-order valence-electron chi connectivity index (χ2n) is 6.84. The van der Waals surface area contributed by atoms with Crippen LogP contribution in [0.4, 0.5) is 0 Å². The molecule has 0 spiro atoms. The molecule has 0 aliphatic heterocycles. The topological polar surface area (TPSA) is 0 Å². The molecule has 0 nitrogen and oxygen atoms in total. The van der Waals surface area contributed by atoms with Gasteiger partial charge in [-0.3, -0.25) is 0 Å². The number of hydrogen-bond acceptors (Lipinski definition) is 0. The second kappa shape index (κ2) is 13.2. The zero-order chi connectivity index (χ0) is 15.2. The maximum Gasteiger partial charge on any atom is -0.0202 e. The Morgan fingerprint density at radius 3 is 2.29 bits per heavy atom. The van der Waals surface area contributed by atoms with E-state index in [1.165, 1.54) is 83.5 Å². The molecule has 0 unspecified atom stereocenters. The van der Waals surface area contributed by atoms with Crippen LogP contribution in [0.5, 0.6) is 0 Å². The molecule has 0 aromatic heterocycles. The molecule has 0 aromatic rings. The van der Waals surface area contributed by atoms with E-state index in [4.69, 9.17) is 0 Å². The molecule has 0 heteroatoms. The molecule has 0 heterocycles. The molecule has 0 saturated heterocycles. The summed E-state index contributed by atoms with van der Waals surface area (Å²) in [7, 11) is 0. The van der Waals surface area contributed by atoms with E-state index in [-0.39, 0.29) is 0 Å². The van der Waals surface area contributed by atoms with Crippen LogP contribution >= 0.6 is 0 Å². The Labute approximate surface area is 134 Å². The molecule has 0 bridgehead atoms. The lowest BCUT2D eigenvalue weighted by molar-refractivity contribution is 0.462. The molecular weight excluding hydrogens is 252 g/mol. The minimum atomic E-state index is 0.872. The fourth-order valence-corrected chi connectivity index (χ4v) is 3.47. The van der Waals surface area contributed by atoms with Gasteiger partial charge in [0.1, 0.15) is 0 Å². The lowest BCUT2D eigenvalue weighted by atomic mass is 9.92. The Bertz CT molecular complexity index is 274. The van der Waals surface area contributed by atoms with Gasteiger partial charge in [-0.05, 0) is 56.8 Å². The van der Waals surface area contributed by atoms with E-state index < -0.39 is 0 Å². The zero-order valence-electron chi connectivity index (χ0n) is 14.7. The Morgan fingerprint density at radius 2 is 1.48 bits per heavy atom. The van der Waals surface area contributed by atoms with Gasteiger partial charge in [0.05, 0.1) is 0 Å². The number of hydrogen-bond donors (Lipinski definition) is 0. The number of unbranched alkanes of at least 4 members (excludes halogenated alkanes) is 7. The standard InChI is InChI=1S/C21H38/c1-3-5-7-9-11-13-16-20-18-15-19-21(20)17-14-12-10-8-6-4-2/h11,13-14,17,20-21H,3-10,12,15-16,18-19H2,1-2H3/b13-11-,17-14+/t20-,21-/m0/s1. The second-order valence-corrected chi connectivity index (χ2v) is 6.84. The van der Waals surface area contributed by atoms with Gasteiger partial charge in [-0.15, -0.1) is 0 Å². The van der Waals surface area contributed by atoms with Crippen LogP contribution in [0.1, 0.15) is 97.3 Å². The molecule has 0 amide bonds. The first-order chi connectivity index (χ1) is 10.4. The fraction of sp³-hybridized carbons (Fsp3) is 0.810. The Morgan fingerprint density at radius 1 is 0.762 bits per heavy atom. The lowest BCUT2D eigenvalue weighted by Gasteiger charge is -2.14. The third kappa shape index (κ3) is 9.17. The highest BCUT2D eigenvalue weighted by molar-refractivity contribution is 4.97. The van der Waals surface area contributed by atoms with Crippen LogP contribution in [0.2, 0.25) is 0 Å². The highest BCUT2D eigenvalue weighted by Crippen LogP contribution is 2.35. The van der Waals surface area contributed by atoms with Gasteiger partial charge < -0.3 is 0 Å². The van der Waals surface area contributed by atoms with Crippen molar-refractivity contribution in [3.05, 3.63) is 24.3 Å². The van der Waals surface area contributed by atoms with Crippen LogP contribution in [0, 0.1) is 11.8 Å². The van der Waals surface area contributed by atoms with Gasteiger partial charge in [0, 0.05) is 0 Å². The van der Waals surface area contributed by atoms with E-state index in [0.29, 0.717) is 0 Å². The normalized spacial score (nSPS) is 22.8. The van der Waals surface area contributed by atoms with Gasteiger partial charge in [-0.1, -0.05) is 76.7 Å². The third-order valence-electron chi connectivity index (χ3n) is 4.91. The van der Waals surface area contributed by atoms with Crippen LogP contribution in [-0.2, 0) is 0 Å². The molecular formula is C21H38. The van der Waals surface area contributed by atoms with Gasteiger partial charge >= 0.3 is 0 Å². The van der Waals surface area contributed by atoms with Crippen molar-refractivity contribution in [2.45, 2.75) is 97.3 Å². The van der Waals surface area contributed by atoms with Crippen molar-refractivity contribution >= 4 is 0 Å². The van der Waals surface area contributed by atoms with Crippen molar-refractivity contribution < 1.29 is 0 Å². The summed E-state index contributed by atoms with van der Waals surface area (Å²) in [5, 5.41) is 0. The predicted molar refractivity (Wildman–Crippen MR) is 96.6 cm³/mol. The highest BCUT2D eigenvalue weighted by Gasteiger charge is 2.23. The van der Waals surface area contributed by atoms with Crippen molar-refractivity contribution in [3.63, 3.8) is 0 Å². The first-order valence-electron chi connectivity index (χ1n) is 9.70. The molecule has 122 valence electrons. The van der Waals surface area contributed by atoms with Crippen LogP contribution < -0.4 is 0 Å². The van der Waals surface area contributed by atoms with Crippen molar-refractivity contribution in [1.82, 2.24) is 0 Å². The van der Waals surface area contributed by atoms with E-state index in [9.17, 15) is 0 Å². The minimum Gasteiger partial charge on any atom is -0.0885 e. The largest absolute Gasteiger partial charge is 0.0885 e. The van der Waals surface area contributed by atoms with Crippen molar-refractivity contribution in [3.8, 4) is 0 Å². The van der Waals surface area contributed by atoms with Crippen molar-refractivity contribution in [1.29, 1.82) is 0 Å². The lowest BCUT2D eigenvalue weighted by Crippen LogP contribution is -2.03. The van der Waals surface area contributed by atoms with Gasteiger partial charge in [0.25, 0.3) is 0 Å². The Hall–Kier alpha value is -0.520. The summed E-state index contributed by atoms with van der Waals surface area (Å²) in [6, 6.07) is 0. The smallest absolute Gasteiger partial charge is 0.0202 e. The minimum absolute atomic E-state index is 0.872. The van der Waals surface area contributed by atoms with Crippen LogP contribution in [0.3, 0.4) is 0 Å². The first-order valence-corrected chi connectivity index (χ1v) is 9.70. The van der Waals surface area contributed by atoms with Gasteiger partial charge in [-0.25, -0.2) is 0 Å². The number of allylic oxidation sites excluding steroid dienone is 4. The molecule has 1 aliphatic rings. The molecule has 1 fully saturated rings. The Balaban J connectivity index is 2.14. The maximum atomic E-state index is 2.55. The summed E-state index contributed by atoms with van der Waals surface area (Å²) in [5.74, 6) is 1.80. The Kier molecular flexibility index (Phi) is 11.6. The summed E-state index contributed by atoms with van der Waals surface area (Å²) < 4.78 is 0. The van der Waals surface area contributed by atoms with Crippen molar-refractivity contribution in [2.75, 3.05) is 0 Å². The van der Waals surface area contributed by atoms with E-state index in [2.05, 4.69) is 38.2 Å². The van der Waals surface area contributed by atoms with E-state index in [0.717, 1.165) is 11.8 Å². The number of rotatable bonds is 12. The van der Waals surface area contributed by atoms with E-state index >= 15 is 0 Å². The quantitative estimate of drug-likeness (QED) is 0.258. The zero-order valence-corrected chi connectivity index (χ0v) is 14.7. The average Bonchev–Trinajstić information content (AvgIpc) is 2.94. The molecule has 0 radical (unpaired) electrons. The van der Waals surface area contributed by atoms with Crippen LogP contribution in [0.25, 0.3) is 0 Å². The summed E-state index contributed by atoms with van der Waals surface area (Å²) in [6.45, 7) is 4.57. The fourth-order valence-electron chi connectivity index (χ4n) is 3.47. The van der Waals surface area contributed by atoms with Crippen molar-refractivity contribution in [2.24, 2.45) is 11.8 Å². The molecule has 0 N–H and O–H groups in total. The summed E-state index contributed by atoms with van der Waals surface area (Å²) in [5.41, 5.74) is 0. The summed E-state index contributed by atoms with van der Waals surface area (Å²) >= 11 is 0. The SMILES string of the molecule is CCCCC/C=C\C[C@H]1CCC[C@@H]1/C=C/CCCCCC.